The highest BCUT2D eigenvalue weighted by atomic mass is 35.5. The lowest BCUT2D eigenvalue weighted by molar-refractivity contribution is -0.111. The molecule has 1 aromatic carbocycles. The zero-order chi connectivity index (χ0) is 19.0. The van der Waals surface area contributed by atoms with Crippen molar-refractivity contribution in [3.63, 3.8) is 0 Å². The molecule has 0 unspecified atom stereocenters. The number of halogens is 1. The molecule has 0 bridgehead atoms. The van der Waals surface area contributed by atoms with Gasteiger partial charge in [-0.25, -0.2) is 4.98 Å². The number of aromatic nitrogens is 3. The van der Waals surface area contributed by atoms with Crippen molar-refractivity contribution in [3.8, 4) is 11.5 Å². The molecule has 0 radical (unpaired) electrons. The van der Waals surface area contributed by atoms with E-state index in [9.17, 15) is 4.79 Å². The molecule has 0 saturated heterocycles. The number of amides is 1. The first-order valence-electron chi connectivity index (χ1n) is 8.39. The molecule has 1 aliphatic heterocycles. The molecule has 0 fully saturated rings. The van der Waals surface area contributed by atoms with Gasteiger partial charge in [-0.1, -0.05) is 11.6 Å². The van der Waals surface area contributed by atoms with E-state index in [0.717, 1.165) is 22.3 Å². The molecule has 0 spiro atoms. The van der Waals surface area contributed by atoms with Gasteiger partial charge in [-0.2, -0.15) is 5.10 Å². The maximum Gasteiger partial charge on any atom is 0.248 e. The molecular formula is C19H17ClN4O3. The van der Waals surface area contributed by atoms with Crippen molar-refractivity contribution in [1.29, 1.82) is 0 Å². The number of benzene rings is 1. The molecule has 2 aromatic heterocycles. The maximum absolute atomic E-state index is 12.3. The van der Waals surface area contributed by atoms with E-state index in [2.05, 4.69) is 15.4 Å². The van der Waals surface area contributed by atoms with E-state index in [-0.39, 0.29) is 5.91 Å². The highest BCUT2D eigenvalue weighted by Crippen LogP contribution is 2.38. The third-order valence-corrected chi connectivity index (χ3v) is 4.46. The molecule has 27 heavy (non-hydrogen) atoms. The average molecular weight is 385 g/mol. The largest absolute Gasteiger partial charge is 0.486 e. The van der Waals surface area contributed by atoms with Gasteiger partial charge in [-0.05, 0) is 36.8 Å². The molecule has 7 nitrogen and oxygen atoms in total. The summed E-state index contributed by atoms with van der Waals surface area (Å²) >= 11 is 6.21. The van der Waals surface area contributed by atoms with Crippen LogP contribution in [-0.2, 0) is 11.8 Å². The molecule has 1 aliphatic rings. The Morgan fingerprint density at radius 3 is 2.96 bits per heavy atom. The van der Waals surface area contributed by atoms with Crippen LogP contribution in [-0.4, -0.2) is 33.9 Å². The molecule has 8 heteroatoms. The predicted molar refractivity (Wildman–Crippen MR) is 103 cm³/mol. The standard InChI is InChI=1S/C19H17ClN4O3/c1-11-14-9-13(10-21-19(14)24(2)23-11)22-17(25)4-3-12-7-15(20)18-16(8-12)26-5-6-27-18/h3-4,7-10H,5-6H2,1-2H3,(H,22,25)/b4-3+. The number of hydrogen-bond acceptors (Lipinski definition) is 5. The minimum absolute atomic E-state index is 0.274. The number of ether oxygens (including phenoxy) is 2. The third-order valence-electron chi connectivity index (χ3n) is 4.18. The summed E-state index contributed by atoms with van der Waals surface area (Å²) in [5.74, 6) is 0.843. The van der Waals surface area contributed by atoms with Crippen molar-refractivity contribution in [3.05, 3.63) is 46.8 Å². The summed E-state index contributed by atoms with van der Waals surface area (Å²) in [7, 11) is 1.84. The highest BCUT2D eigenvalue weighted by molar-refractivity contribution is 6.32. The Balaban J connectivity index is 1.51. The van der Waals surface area contributed by atoms with Crippen molar-refractivity contribution in [2.75, 3.05) is 18.5 Å². The quantitative estimate of drug-likeness (QED) is 0.700. The van der Waals surface area contributed by atoms with Gasteiger partial charge in [-0.3, -0.25) is 9.48 Å². The van der Waals surface area contributed by atoms with E-state index < -0.39 is 0 Å². The van der Waals surface area contributed by atoms with Gasteiger partial charge in [0.25, 0.3) is 0 Å². The zero-order valence-corrected chi connectivity index (χ0v) is 15.6. The number of nitrogens with zero attached hydrogens (tertiary/aromatic N) is 3. The smallest absolute Gasteiger partial charge is 0.248 e. The van der Waals surface area contributed by atoms with Crippen LogP contribution in [0.1, 0.15) is 11.3 Å². The number of carbonyl (C=O) groups excluding carboxylic acids is 1. The molecule has 0 atom stereocenters. The Bertz CT molecular complexity index is 1070. The van der Waals surface area contributed by atoms with E-state index in [1.807, 2.05) is 20.0 Å². The van der Waals surface area contributed by atoms with E-state index in [1.165, 1.54) is 6.08 Å². The van der Waals surface area contributed by atoms with Crippen LogP contribution in [0.25, 0.3) is 17.1 Å². The van der Waals surface area contributed by atoms with Crippen molar-refractivity contribution in [1.82, 2.24) is 14.8 Å². The van der Waals surface area contributed by atoms with Crippen LogP contribution in [0.5, 0.6) is 11.5 Å². The second kappa shape index (κ2) is 6.92. The van der Waals surface area contributed by atoms with Crippen LogP contribution in [0, 0.1) is 6.92 Å². The SMILES string of the molecule is Cc1nn(C)c2ncc(NC(=O)/C=C/c3cc(Cl)c4c(c3)OCCO4)cc12. The summed E-state index contributed by atoms with van der Waals surface area (Å²) in [5, 5.41) is 8.48. The van der Waals surface area contributed by atoms with Crippen LogP contribution in [0.2, 0.25) is 5.02 Å². The third kappa shape index (κ3) is 3.46. The monoisotopic (exact) mass is 384 g/mol. The average Bonchev–Trinajstić information content (AvgIpc) is 2.94. The fourth-order valence-electron chi connectivity index (χ4n) is 2.96. The summed E-state index contributed by atoms with van der Waals surface area (Å²) in [4.78, 5) is 16.6. The minimum Gasteiger partial charge on any atom is -0.486 e. The summed E-state index contributed by atoms with van der Waals surface area (Å²) in [6.07, 6.45) is 4.71. The Hall–Kier alpha value is -3.06. The van der Waals surface area contributed by atoms with Gasteiger partial charge in [0.1, 0.15) is 13.2 Å². The topological polar surface area (TPSA) is 78.3 Å². The second-order valence-corrected chi connectivity index (χ2v) is 6.56. The number of hydrogen-bond donors (Lipinski definition) is 1. The molecule has 1 N–H and O–H groups in total. The van der Waals surface area contributed by atoms with Gasteiger partial charge >= 0.3 is 0 Å². The second-order valence-electron chi connectivity index (χ2n) is 6.15. The van der Waals surface area contributed by atoms with Gasteiger partial charge < -0.3 is 14.8 Å². The molecule has 0 saturated carbocycles. The Morgan fingerprint density at radius 1 is 1.30 bits per heavy atom. The maximum atomic E-state index is 12.3. The lowest BCUT2D eigenvalue weighted by atomic mass is 10.1. The van der Waals surface area contributed by atoms with E-state index in [4.69, 9.17) is 21.1 Å². The first-order chi connectivity index (χ1) is 13.0. The summed E-state index contributed by atoms with van der Waals surface area (Å²) in [6, 6.07) is 5.37. The van der Waals surface area contributed by atoms with Crippen LogP contribution in [0.4, 0.5) is 5.69 Å². The number of nitrogens with one attached hydrogen (secondary N) is 1. The number of anilines is 1. The number of fused-ring (bicyclic) bond motifs is 2. The normalized spacial score (nSPS) is 13.3. The summed E-state index contributed by atoms with van der Waals surface area (Å²) in [6.45, 7) is 2.85. The first kappa shape index (κ1) is 17.4. The summed E-state index contributed by atoms with van der Waals surface area (Å²) in [5.41, 5.74) is 2.98. The van der Waals surface area contributed by atoms with Gasteiger partial charge in [0, 0.05) is 18.5 Å². The molecule has 0 aliphatic carbocycles. The lowest BCUT2D eigenvalue weighted by Gasteiger charge is -2.19. The Labute approximate surface area is 160 Å². The van der Waals surface area contributed by atoms with Gasteiger partial charge in [0.15, 0.2) is 17.1 Å². The minimum atomic E-state index is -0.274. The Kier molecular flexibility index (Phi) is 4.45. The molecule has 1 amide bonds. The molecular weight excluding hydrogens is 368 g/mol. The first-order valence-corrected chi connectivity index (χ1v) is 8.76. The fraction of sp³-hybridized carbons (Fsp3) is 0.211. The van der Waals surface area contributed by atoms with Crippen LogP contribution < -0.4 is 14.8 Å². The van der Waals surface area contributed by atoms with Crippen LogP contribution in [0.3, 0.4) is 0 Å². The molecule has 138 valence electrons. The van der Waals surface area contributed by atoms with E-state index in [0.29, 0.717) is 35.4 Å². The van der Waals surface area contributed by atoms with Crippen LogP contribution in [0.15, 0.2) is 30.5 Å². The van der Waals surface area contributed by atoms with Gasteiger partial charge in [0.05, 0.1) is 22.6 Å². The molecule has 3 aromatic rings. The lowest BCUT2D eigenvalue weighted by Crippen LogP contribution is -2.15. The fourth-order valence-corrected chi connectivity index (χ4v) is 3.23. The van der Waals surface area contributed by atoms with E-state index >= 15 is 0 Å². The molecule has 3 heterocycles. The summed E-state index contributed by atoms with van der Waals surface area (Å²) < 4.78 is 12.7. The van der Waals surface area contributed by atoms with Gasteiger partial charge in [-0.15, -0.1) is 0 Å². The predicted octanol–water partition coefficient (Wildman–Crippen LogP) is 3.35. The highest BCUT2D eigenvalue weighted by Gasteiger charge is 2.16. The number of rotatable bonds is 3. The number of carbonyl (C=O) groups is 1. The zero-order valence-electron chi connectivity index (χ0n) is 14.8. The van der Waals surface area contributed by atoms with Crippen molar-refractivity contribution >= 4 is 40.3 Å². The van der Waals surface area contributed by atoms with Crippen molar-refractivity contribution in [2.24, 2.45) is 7.05 Å². The molecule has 4 rings (SSSR count). The van der Waals surface area contributed by atoms with Crippen molar-refractivity contribution in [2.45, 2.75) is 6.92 Å². The number of pyridine rings is 1. The van der Waals surface area contributed by atoms with Gasteiger partial charge in [0.2, 0.25) is 5.91 Å². The van der Waals surface area contributed by atoms with Crippen molar-refractivity contribution < 1.29 is 14.3 Å². The van der Waals surface area contributed by atoms with Crippen LogP contribution >= 0.6 is 11.6 Å². The Morgan fingerprint density at radius 2 is 2.11 bits per heavy atom. The number of aryl methyl sites for hydroxylation is 2. The van der Waals surface area contributed by atoms with E-state index in [1.54, 1.807) is 29.1 Å².